The van der Waals surface area contributed by atoms with Crippen molar-refractivity contribution in [3.05, 3.63) is 42.1 Å². The molecule has 23 heavy (non-hydrogen) atoms. The minimum absolute atomic E-state index is 0.183. The SMILES string of the molecule is C=C1NC(SC)=N[C@@H](c2ccc(OC)cc2)[C@@H]1C(=O)OC(C)C. The summed E-state index contributed by atoms with van der Waals surface area (Å²) in [6, 6.07) is 7.19. The van der Waals surface area contributed by atoms with Crippen molar-refractivity contribution in [2.24, 2.45) is 10.9 Å². The van der Waals surface area contributed by atoms with Crippen molar-refractivity contribution in [2.75, 3.05) is 13.4 Å². The number of aliphatic imine (C=N–C) groups is 1. The monoisotopic (exact) mass is 334 g/mol. The van der Waals surface area contributed by atoms with E-state index in [-0.39, 0.29) is 18.1 Å². The number of carbonyl (C=O) groups is 1. The van der Waals surface area contributed by atoms with Gasteiger partial charge in [-0.3, -0.25) is 9.79 Å². The van der Waals surface area contributed by atoms with Gasteiger partial charge in [0.15, 0.2) is 5.17 Å². The second-order valence-corrected chi connectivity index (χ2v) is 6.26. The molecule has 2 rings (SSSR count). The number of hydrogen-bond acceptors (Lipinski definition) is 6. The van der Waals surface area contributed by atoms with Gasteiger partial charge in [-0.15, -0.1) is 0 Å². The lowest BCUT2D eigenvalue weighted by molar-refractivity contribution is -0.151. The van der Waals surface area contributed by atoms with Crippen LogP contribution in [0.2, 0.25) is 0 Å². The lowest BCUT2D eigenvalue weighted by Gasteiger charge is -2.31. The fraction of sp³-hybridized carbons (Fsp3) is 0.412. The zero-order valence-corrected chi connectivity index (χ0v) is 14.6. The molecule has 0 saturated carbocycles. The van der Waals surface area contributed by atoms with Crippen molar-refractivity contribution in [2.45, 2.75) is 26.0 Å². The molecule has 0 radical (unpaired) electrons. The number of ether oxygens (including phenoxy) is 2. The van der Waals surface area contributed by atoms with Gasteiger partial charge in [0, 0.05) is 5.70 Å². The third kappa shape index (κ3) is 4.07. The highest BCUT2D eigenvalue weighted by Gasteiger charge is 2.37. The maximum absolute atomic E-state index is 12.5. The lowest BCUT2D eigenvalue weighted by Crippen LogP contribution is -2.38. The predicted molar refractivity (Wildman–Crippen MR) is 93.7 cm³/mol. The molecular formula is C17H22N2O3S. The molecule has 5 nitrogen and oxygen atoms in total. The molecular weight excluding hydrogens is 312 g/mol. The molecule has 0 aliphatic carbocycles. The maximum atomic E-state index is 12.5. The fourth-order valence-electron chi connectivity index (χ4n) is 2.39. The van der Waals surface area contributed by atoms with Gasteiger partial charge in [0.1, 0.15) is 11.7 Å². The number of hydrogen-bond donors (Lipinski definition) is 1. The Bertz CT molecular complexity index is 611. The molecule has 1 aliphatic heterocycles. The van der Waals surface area contributed by atoms with Crippen molar-refractivity contribution in [1.82, 2.24) is 5.32 Å². The number of benzene rings is 1. The van der Waals surface area contributed by atoms with Crippen LogP contribution in [0.4, 0.5) is 0 Å². The summed E-state index contributed by atoms with van der Waals surface area (Å²) in [6.07, 6.45) is 1.74. The first-order chi connectivity index (χ1) is 11.0. The Morgan fingerprint density at radius 2 is 2.00 bits per heavy atom. The average molecular weight is 334 g/mol. The summed E-state index contributed by atoms with van der Waals surface area (Å²) in [5.74, 6) is -0.110. The van der Waals surface area contributed by atoms with Crippen LogP contribution in [-0.4, -0.2) is 30.6 Å². The Balaban J connectivity index is 2.38. The third-order valence-corrected chi connectivity index (χ3v) is 4.07. The van der Waals surface area contributed by atoms with E-state index < -0.39 is 5.92 Å². The summed E-state index contributed by atoms with van der Waals surface area (Å²) in [7, 11) is 1.62. The average Bonchev–Trinajstić information content (AvgIpc) is 2.53. The van der Waals surface area contributed by atoms with E-state index in [0.717, 1.165) is 16.5 Å². The summed E-state index contributed by atoms with van der Waals surface area (Å²) in [5, 5.41) is 3.83. The summed E-state index contributed by atoms with van der Waals surface area (Å²) >= 11 is 1.48. The third-order valence-electron chi connectivity index (χ3n) is 3.47. The van der Waals surface area contributed by atoms with Crippen molar-refractivity contribution < 1.29 is 14.3 Å². The van der Waals surface area contributed by atoms with Gasteiger partial charge in [-0.05, 0) is 37.8 Å². The molecule has 1 aliphatic rings. The molecule has 0 saturated heterocycles. The van der Waals surface area contributed by atoms with Crippen LogP contribution in [0.3, 0.4) is 0 Å². The number of amidine groups is 1. The number of rotatable bonds is 4. The Morgan fingerprint density at radius 3 is 2.52 bits per heavy atom. The molecule has 0 amide bonds. The van der Waals surface area contributed by atoms with Crippen LogP contribution >= 0.6 is 11.8 Å². The number of thioether (sulfide) groups is 1. The molecule has 0 aromatic heterocycles. The summed E-state index contributed by atoms with van der Waals surface area (Å²) in [4.78, 5) is 17.1. The molecule has 6 heteroatoms. The Labute approximate surface area is 141 Å². The van der Waals surface area contributed by atoms with Gasteiger partial charge >= 0.3 is 5.97 Å². The van der Waals surface area contributed by atoms with Crippen molar-refractivity contribution in [1.29, 1.82) is 0 Å². The standard InChI is InChI=1S/C17H22N2O3S/c1-10(2)22-16(20)14-11(3)18-17(23-5)19-15(14)12-6-8-13(21-4)9-7-12/h6-10,14-15H,3H2,1-2,4-5H3,(H,18,19)/t14-,15+/m1/s1. The number of nitrogens with one attached hydrogen (secondary N) is 1. The minimum atomic E-state index is -0.554. The molecule has 0 bridgehead atoms. The molecule has 1 aromatic carbocycles. The Morgan fingerprint density at radius 1 is 1.35 bits per heavy atom. The van der Waals surface area contributed by atoms with Crippen molar-refractivity contribution >= 4 is 22.9 Å². The molecule has 1 N–H and O–H groups in total. The lowest BCUT2D eigenvalue weighted by atomic mass is 9.90. The Kier molecular flexibility index (Phi) is 5.71. The maximum Gasteiger partial charge on any atom is 0.317 e. The highest BCUT2D eigenvalue weighted by atomic mass is 32.2. The smallest absolute Gasteiger partial charge is 0.317 e. The summed E-state index contributed by atoms with van der Waals surface area (Å²) in [6.45, 7) is 7.66. The van der Waals surface area contributed by atoms with Gasteiger partial charge in [0.2, 0.25) is 0 Å². The molecule has 0 spiro atoms. The van der Waals surface area contributed by atoms with E-state index in [1.807, 2.05) is 44.4 Å². The largest absolute Gasteiger partial charge is 0.497 e. The van der Waals surface area contributed by atoms with E-state index in [1.54, 1.807) is 7.11 Å². The van der Waals surface area contributed by atoms with E-state index in [4.69, 9.17) is 9.47 Å². The topological polar surface area (TPSA) is 59.9 Å². The van der Waals surface area contributed by atoms with Crippen LogP contribution in [0.25, 0.3) is 0 Å². The Hall–Kier alpha value is -1.95. The fourth-order valence-corrected chi connectivity index (χ4v) is 2.84. The minimum Gasteiger partial charge on any atom is -0.497 e. The number of nitrogens with zero attached hydrogens (tertiary/aromatic N) is 1. The van der Waals surface area contributed by atoms with Crippen molar-refractivity contribution in [3.8, 4) is 5.75 Å². The highest BCUT2D eigenvalue weighted by Crippen LogP contribution is 2.35. The quantitative estimate of drug-likeness (QED) is 0.857. The van der Waals surface area contributed by atoms with Crippen LogP contribution < -0.4 is 10.1 Å². The van der Waals surface area contributed by atoms with Crippen LogP contribution in [0.15, 0.2) is 41.5 Å². The molecule has 1 aromatic rings. The van der Waals surface area contributed by atoms with Crippen LogP contribution in [0, 0.1) is 5.92 Å². The van der Waals surface area contributed by atoms with Gasteiger partial charge < -0.3 is 14.8 Å². The summed E-state index contributed by atoms with van der Waals surface area (Å²) in [5.41, 5.74) is 1.53. The second kappa shape index (κ2) is 7.55. The van der Waals surface area contributed by atoms with E-state index in [2.05, 4.69) is 16.9 Å². The van der Waals surface area contributed by atoms with E-state index in [0.29, 0.717) is 5.70 Å². The van der Waals surface area contributed by atoms with Crippen LogP contribution in [0.5, 0.6) is 5.75 Å². The van der Waals surface area contributed by atoms with E-state index >= 15 is 0 Å². The predicted octanol–water partition coefficient (Wildman–Crippen LogP) is 3.14. The molecule has 124 valence electrons. The van der Waals surface area contributed by atoms with Gasteiger partial charge in [-0.25, -0.2) is 0 Å². The van der Waals surface area contributed by atoms with Gasteiger partial charge in [-0.1, -0.05) is 30.5 Å². The number of esters is 1. The summed E-state index contributed by atoms with van der Waals surface area (Å²) < 4.78 is 10.6. The first-order valence-corrected chi connectivity index (χ1v) is 8.60. The van der Waals surface area contributed by atoms with Crippen LogP contribution in [0.1, 0.15) is 25.5 Å². The first-order valence-electron chi connectivity index (χ1n) is 7.38. The number of methoxy groups -OCH3 is 1. The number of carbonyl (C=O) groups excluding carboxylic acids is 1. The van der Waals surface area contributed by atoms with Gasteiger partial charge in [-0.2, -0.15) is 0 Å². The molecule has 0 fully saturated rings. The van der Waals surface area contributed by atoms with Gasteiger partial charge in [0.25, 0.3) is 0 Å². The highest BCUT2D eigenvalue weighted by molar-refractivity contribution is 8.13. The molecule has 2 atom stereocenters. The second-order valence-electron chi connectivity index (χ2n) is 5.47. The molecule has 0 unspecified atom stereocenters. The van der Waals surface area contributed by atoms with Crippen LogP contribution in [-0.2, 0) is 9.53 Å². The zero-order valence-electron chi connectivity index (χ0n) is 13.8. The van der Waals surface area contributed by atoms with E-state index in [1.165, 1.54) is 11.8 Å². The van der Waals surface area contributed by atoms with Gasteiger partial charge in [0.05, 0.1) is 19.3 Å². The first kappa shape index (κ1) is 17.4. The normalized spacial score (nSPS) is 20.7. The molecule has 1 heterocycles. The van der Waals surface area contributed by atoms with Crippen molar-refractivity contribution in [3.63, 3.8) is 0 Å². The zero-order chi connectivity index (χ0) is 17.0. The van der Waals surface area contributed by atoms with E-state index in [9.17, 15) is 4.79 Å².